The molecule has 0 saturated carbocycles. The topological polar surface area (TPSA) is 38.5 Å². The first-order valence-corrected chi connectivity index (χ1v) is 6.31. The fourth-order valence-corrected chi connectivity index (χ4v) is 1.74. The van der Waals surface area contributed by atoms with E-state index in [-0.39, 0.29) is 11.0 Å². The SMILES string of the molecule is COc1cccc(N(C)CC(C)(C)C(C)(C)N)c1. The molecule has 0 fully saturated rings. The lowest BCUT2D eigenvalue weighted by Crippen LogP contribution is -2.52. The number of hydrogen-bond donors (Lipinski definition) is 1. The molecule has 0 spiro atoms. The predicted molar refractivity (Wildman–Crippen MR) is 78.3 cm³/mol. The number of methoxy groups -OCH3 is 1. The number of nitrogens with zero attached hydrogens (tertiary/aromatic N) is 1. The number of anilines is 1. The summed E-state index contributed by atoms with van der Waals surface area (Å²) in [7, 11) is 3.77. The van der Waals surface area contributed by atoms with Crippen molar-refractivity contribution in [3.63, 3.8) is 0 Å². The Morgan fingerprint density at radius 3 is 2.33 bits per heavy atom. The molecule has 18 heavy (non-hydrogen) atoms. The van der Waals surface area contributed by atoms with Crippen LogP contribution in [0.4, 0.5) is 5.69 Å². The van der Waals surface area contributed by atoms with E-state index in [4.69, 9.17) is 10.5 Å². The Morgan fingerprint density at radius 2 is 1.83 bits per heavy atom. The molecule has 1 aromatic carbocycles. The zero-order chi connectivity index (χ0) is 14.0. The first-order valence-electron chi connectivity index (χ1n) is 6.31. The summed E-state index contributed by atoms with van der Waals surface area (Å²) in [5.41, 5.74) is 7.19. The smallest absolute Gasteiger partial charge is 0.120 e. The summed E-state index contributed by atoms with van der Waals surface area (Å²) in [6.45, 7) is 9.44. The fraction of sp³-hybridized carbons (Fsp3) is 0.600. The predicted octanol–water partition coefficient (Wildman–Crippen LogP) is 2.89. The van der Waals surface area contributed by atoms with E-state index in [9.17, 15) is 0 Å². The first-order chi connectivity index (χ1) is 8.17. The Bertz CT molecular complexity index is 394. The second-order valence-corrected chi connectivity index (χ2v) is 6.16. The molecule has 1 rings (SSSR count). The van der Waals surface area contributed by atoms with E-state index in [2.05, 4.69) is 45.7 Å². The van der Waals surface area contributed by atoms with Crippen LogP contribution >= 0.6 is 0 Å². The molecule has 0 bridgehead atoms. The highest BCUT2D eigenvalue weighted by atomic mass is 16.5. The van der Waals surface area contributed by atoms with Crippen LogP contribution in [0.25, 0.3) is 0 Å². The number of nitrogens with two attached hydrogens (primary N) is 1. The van der Waals surface area contributed by atoms with Gasteiger partial charge < -0.3 is 15.4 Å². The van der Waals surface area contributed by atoms with Crippen LogP contribution in [0, 0.1) is 5.41 Å². The second-order valence-electron chi connectivity index (χ2n) is 6.16. The molecule has 0 aliphatic heterocycles. The van der Waals surface area contributed by atoms with Crippen LogP contribution < -0.4 is 15.4 Å². The zero-order valence-corrected chi connectivity index (χ0v) is 12.4. The molecule has 0 aliphatic carbocycles. The van der Waals surface area contributed by atoms with Crippen LogP contribution in [0.3, 0.4) is 0 Å². The third kappa shape index (κ3) is 3.39. The highest BCUT2D eigenvalue weighted by Crippen LogP contribution is 2.31. The molecule has 0 aliphatic rings. The molecule has 0 atom stereocenters. The minimum absolute atomic E-state index is 0.0187. The summed E-state index contributed by atoms with van der Waals surface area (Å²) in [5.74, 6) is 0.879. The van der Waals surface area contributed by atoms with Crippen molar-refractivity contribution in [1.82, 2.24) is 0 Å². The van der Waals surface area contributed by atoms with Crippen molar-refractivity contribution in [3.8, 4) is 5.75 Å². The molecule has 0 aromatic heterocycles. The molecule has 3 heteroatoms. The third-order valence-corrected chi connectivity index (χ3v) is 3.87. The van der Waals surface area contributed by atoms with Crippen molar-refractivity contribution in [2.45, 2.75) is 33.2 Å². The van der Waals surface area contributed by atoms with Gasteiger partial charge in [-0.25, -0.2) is 0 Å². The summed E-state index contributed by atoms with van der Waals surface area (Å²) < 4.78 is 5.25. The normalized spacial score (nSPS) is 12.4. The Balaban J connectivity index is 2.85. The Morgan fingerprint density at radius 1 is 1.22 bits per heavy atom. The van der Waals surface area contributed by atoms with Gasteiger partial charge in [0, 0.05) is 30.9 Å². The van der Waals surface area contributed by atoms with Crippen LogP contribution in [0.5, 0.6) is 5.75 Å². The lowest BCUT2D eigenvalue weighted by atomic mass is 9.75. The van der Waals surface area contributed by atoms with Gasteiger partial charge in [-0.05, 0) is 31.4 Å². The summed E-state index contributed by atoms with van der Waals surface area (Å²) in [6.07, 6.45) is 0. The van der Waals surface area contributed by atoms with Gasteiger partial charge in [0.25, 0.3) is 0 Å². The van der Waals surface area contributed by atoms with E-state index >= 15 is 0 Å². The van der Waals surface area contributed by atoms with E-state index in [0.717, 1.165) is 18.0 Å². The van der Waals surface area contributed by atoms with Crippen molar-refractivity contribution in [2.24, 2.45) is 11.1 Å². The molecule has 0 amide bonds. The maximum Gasteiger partial charge on any atom is 0.120 e. The summed E-state index contributed by atoms with van der Waals surface area (Å²) in [6, 6.07) is 8.09. The maximum absolute atomic E-state index is 6.24. The van der Waals surface area contributed by atoms with Crippen molar-refractivity contribution in [2.75, 3.05) is 25.6 Å². The fourth-order valence-electron chi connectivity index (χ4n) is 1.74. The lowest BCUT2D eigenvalue weighted by molar-refractivity contribution is 0.210. The average Bonchev–Trinajstić information content (AvgIpc) is 2.27. The van der Waals surface area contributed by atoms with Gasteiger partial charge in [0.1, 0.15) is 5.75 Å². The molecule has 0 radical (unpaired) electrons. The number of ether oxygens (including phenoxy) is 1. The van der Waals surface area contributed by atoms with Gasteiger partial charge in [-0.1, -0.05) is 19.9 Å². The van der Waals surface area contributed by atoms with E-state index in [1.807, 2.05) is 18.2 Å². The van der Waals surface area contributed by atoms with Gasteiger partial charge in [-0.3, -0.25) is 0 Å². The monoisotopic (exact) mass is 250 g/mol. The number of hydrogen-bond acceptors (Lipinski definition) is 3. The number of rotatable bonds is 5. The standard InChI is InChI=1S/C15H26N2O/c1-14(2,15(3,4)16)11-17(5)12-8-7-9-13(10-12)18-6/h7-10H,11,16H2,1-6H3. The zero-order valence-electron chi connectivity index (χ0n) is 12.4. The van der Waals surface area contributed by atoms with E-state index in [0.29, 0.717) is 0 Å². The van der Waals surface area contributed by atoms with Crippen molar-refractivity contribution >= 4 is 5.69 Å². The van der Waals surface area contributed by atoms with Gasteiger partial charge in [0.05, 0.1) is 7.11 Å². The maximum atomic E-state index is 6.24. The van der Waals surface area contributed by atoms with Crippen molar-refractivity contribution < 1.29 is 4.74 Å². The summed E-state index contributed by atoms with van der Waals surface area (Å²) in [4.78, 5) is 2.22. The van der Waals surface area contributed by atoms with E-state index < -0.39 is 0 Å². The molecular weight excluding hydrogens is 224 g/mol. The number of benzene rings is 1. The Labute approximate surface area is 111 Å². The van der Waals surface area contributed by atoms with E-state index in [1.165, 1.54) is 0 Å². The van der Waals surface area contributed by atoms with Crippen LogP contribution in [0.15, 0.2) is 24.3 Å². The summed E-state index contributed by atoms with van der Waals surface area (Å²) >= 11 is 0. The largest absolute Gasteiger partial charge is 0.497 e. The molecule has 0 unspecified atom stereocenters. The Hall–Kier alpha value is -1.22. The molecule has 1 aromatic rings. The lowest BCUT2D eigenvalue weighted by Gasteiger charge is -2.41. The van der Waals surface area contributed by atoms with Gasteiger partial charge in [-0.2, -0.15) is 0 Å². The van der Waals surface area contributed by atoms with Gasteiger partial charge in [0.2, 0.25) is 0 Å². The van der Waals surface area contributed by atoms with Crippen LogP contribution in [-0.2, 0) is 0 Å². The van der Waals surface area contributed by atoms with Crippen LogP contribution in [-0.4, -0.2) is 26.2 Å². The van der Waals surface area contributed by atoms with Crippen molar-refractivity contribution in [3.05, 3.63) is 24.3 Å². The molecule has 0 saturated heterocycles. The third-order valence-electron chi connectivity index (χ3n) is 3.87. The molecule has 2 N–H and O–H groups in total. The Kier molecular flexibility index (Phi) is 4.28. The molecule has 3 nitrogen and oxygen atoms in total. The van der Waals surface area contributed by atoms with Crippen LogP contribution in [0.2, 0.25) is 0 Å². The molecule has 0 heterocycles. The molecule has 102 valence electrons. The highest BCUT2D eigenvalue weighted by molar-refractivity contribution is 5.50. The second kappa shape index (κ2) is 5.19. The summed E-state index contributed by atoms with van der Waals surface area (Å²) in [5, 5.41) is 0. The highest BCUT2D eigenvalue weighted by Gasteiger charge is 2.34. The van der Waals surface area contributed by atoms with Crippen LogP contribution in [0.1, 0.15) is 27.7 Å². The average molecular weight is 250 g/mol. The van der Waals surface area contributed by atoms with Gasteiger partial charge >= 0.3 is 0 Å². The van der Waals surface area contributed by atoms with Gasteiger partial charge in [0.15, 0.2) is 0 Å². The minimum Gasteiger partial charge on any atom is -0.497 e. The van der Waals surface area contributed by atoms with E-state index in [1.54, 1.807) is 7.11 Å². The quantitative estimate of drug-likeness (QED) is 0.873. The van der Waals surface area contributed by atoms with Gasteiger partial charge in [-0.15, -0.1) is 0 Å². The first kappa shape index (κ1) is 14.8. The molecular formula is C15H26N2O. The van der Waals surface area contributed by atoms with Crippen molar-refractivity contribution in [1.29, 1.82) is 0 Å². The minimum atomic E-state index is -0.222.